The van der Waals surface area contributed by atoms with Crippen LogP contribution in [0.5, 0.6) is 0 Å². The average Bonchev–Trinajstić information content (AvgIpc) is 2.29. The molecule has 4 N–H and O–H groups in total. The van der Waals surface area contributed by atoms with Gasteiger partial charge in [0.15, 0.2) is 5.78 Å². The molecule has 0 bridgehead atoms. The zero-order chi connectivity index (χ0) is 12.8. The number of amides is 1. The van der Waals surface area contributed by atoms with Gasteiger partial charge in [-0.25, -0.2) is 0 Å². The monoisotopic (exact) mass is 236 g/mol. The van der Waals surface area contributed by atoms with Gasteiger partial charge in [0, 0.05) is 12.0 Å². The molecule has 90 valence electrons. The minimum atomic E-state index is -1.24. The number of carbonyl (C=O) groups is 3. The summed E-state index contributed by atoms with van der Waals surface area (Å²) >= 11 is 0. The number of para-hydroxylation sites is 1. The van der Waals surface area contributed by atoms with Crippen molar-refractivity contribution in [2.75, 3.05) is 5.32 Å². The summed E-state index contributed by atoms with van der Waals surface area (Å²) in [4.78, 5) is 32.6. The van der Waals surface area contributed by atoms with E-state index in [1.54, 1.807) is 18.2 Å². The Bertz CT molecular complexity index is 445. The summed E-state index contributed by atoms with van der Waals surface area (Å²) in [7, 11) is 0. The van der Waals surface area contributed by atoms with Crippen LogP contribution in [-0.4, -0.2) is 29.3 Å². The molecule has 1 amide bonds. The number of Topliss-reactive ketones (excluding diaryl/α,β-unsaturated/α-hetero) is 1. The Morgan fingerprint density at radius 3 is 2.65 bits per heavy atom. The molecule has 0 aliphatic rings. The van der Waals surface area contributed by atoms with E-state index in [4.69, 9.17) is 10.8 Å². The van der Waals surface area contributed by atoms with E-state index in [1.165, 1.54) is 6.07 Å². The molecule has 1 aromatic carbocycles. The fourth-order valence-electron chi connectivity index (χ4n) is 1.31. The predicted octanol–water partition coefficient (Wildman–Crippen LogP) is 0.240. The molecule has 0 saturated carbocycles. The SMILES string of the molecule is N[C@H](CC(=O)c1ccccc1NC=O)C(=O)O. The molecule has 1 rings (SSSR count). The van der Waals surface area contributed by atoms with Gasteiger partial charge in [-0.05, 0) is 12.1 Å². The van der Waals surface area contributed by atoms with Gasteiger partial charge in [-0.3, -0.25) is 14.4 Å². The lowest BCUT2D eigenvalue weighted by molar-refractivity contribution is -0.138. The van der Waals surface area contributed by atoms with E-state index in [1.807, 2.05) is 0 Å². The first-order valence-electron chi connectivity index (χ1n) is 4.87. The molecular formula is C11H12N2O4. The van der Waals surface area contributed by atoms with Crippen molar-refractivity contribution in [2.45, 2.75) is 12.5 Å². The number of benzene rings is 1. The maximum absolute atomic E-state index is 11.8. The highest BCUT2D eigenvalue weighted by atomic mass is 16.4. The van der Waals surface area contributed by atoms with Crippen molar-refractivity contribution in [3.8, 4) is 0 Å². The van der Waals surface area contributed by atoms with Crippen molar-refractivity contribution in [2.24, 2.45) is 5.73 Å². The van der Waals surface area contributed by atoms with Crippen LogP contribution in [0.3, 0.4) is 0 Å². The van der Waals surface area contributed by atoms with Crippen LogP contribution >= 0.6 is 0 Å². The molecule has 0 fully saturated rings. The van der Waals surface area contributed by atoms with Gasteiger partial charge in [-0.2, -0.15) is 0 Å². The van der Waals surface area contributed by atoms with Crippen LogP contribution in [0.1, 0.15) is 16.8 Å². The number of hydrogen-bond donors (Lipinski definition) is 3. The van der Waals surface area contributed by atoms with Gasteiger partial charge >= 0.3 is 5.97 Å². The second-order valence-corrected chi connectivity index (χ2v) is 3.38. The summed E-state index contributed by atoms with van der Waals surface area (Å²) in [5.41, 5.74) is 5.85. The summed E-state index contributed by atoms with van der Waals surface area (Å²) in [5.74, 6) is -1.66. The zero-order valence-corrected chi connectivity index (χ0v) is 8.92. The maximum atomic E-state index is 11.8. The van der Waals surface area contributed by atoms with Crippen molar-refractivity contribution in [1.82, 2.24) is 0 Å². The number of carboxylic acids is 1. The van der Waals surface area contributed by atoms with E-state index < -0.39 is 17.8 Å². The van der Waals surface area contributed by atoms with E-state index in [2.05, 4.69) is 5.32 Å². The average molecular weight is 236 g/mol. The molecule has 1 aromatic rings. The summed E-state index contributed by atoms with van der Waals surface area (Å²) in [6.45, 7) is 0. The number of hydrogen-bond acceptors (Lipinski definition) is 4. The van der Waals surface area contributed by atoms with Gasteiger partial charge in [0.2, 0.25) is 6.41 Å². The van der Waals surface area contributed by atoms with Gasteiger partial charge in [0.1, 0.15) is 6.04 Å². The molecule has 0 spiro atoms. The highest BCUT2D eigenvalue weighted by Gasteiger charge is 2.19. The first-order valence-corrected chi connectivity index (χ1v) is 4.87. The van der Waals surface area contributed by atoms with Gasteiger partial charge in [-0.1, -0.05) is 12.1 Å². The van der Waals surface area contributed by atoms with Crippen LogP contribution in [0.25, 0.3) is 0 Å². The van der Waals surface area contributed by atoms with Crippen molar-refractivity contribution < 1.29 is 19.5 Å². The molecule has 0 heterocycles. The lowest BCUT2D eigenvalue weighted by Crippen LogP contribution is -2.32. The number of carbonyl (C=O) groups excluding carboxylic acids is 2. The van der Waals surface area contributed by atoms with Crippen molar-refractivity contribution in [1.29, 1.82) is 0 Å². The molecule has 17 heavy (non-hydrogen) atoms. The Kier molecular flexibility index (Phi) is 4.36. The van der Waals surface area contributed by atoms with Gasteiger partial charge < -0.3 is 16.2 Å². The van der Waals surface area contributed by atoms with Crippen molar-refractivity contribution >= 4 is 23.9 Å². The predicted molar refractivity (Wildman–Crippen MR) is 60.7 cm³/mol. The highest BCUT2D eigenvalue weighted by Crippen LogP contribution is 2.16. The number of ketones is 1. The molecule has 6 nitrogen and oxygen atoms in total. The first-order chi connectivity index (χ1) is 8.06. The van der Waals surface area contributed by atoms with Crippen LogP contribution in [-0.2, 0) is 9.59 Å². The standard InChI is InChI=1S/C11H12N2O4/c12-8(11(16)17)5-10(15)7-3-1-2-4-9(7)13-6-14/h1-4,6,8H,5,12H2,(H,13,14)(H,16,17)/t8-/m1/s1. The summed E-state index contributed by atoms with van der Waals surface area (Å²) in [6.07, 6.45) is 0.135. The highest BCUT2D eigenvalue weighted by molar-refractivity contribution is 6.04. The van der Waals surface area contributed by atoms with E-state index >= 15 is 0 Å². The Labute approximate surface area is 97.4 Å². The molecule has 6 heteroatoms. The summed E-state index contributed by atoms with van der Waals surface area (Å²) in [5, 5.41) is 11.0. The molecule has 0 aliphatic heterocycles. The quantitative estimate of drug-likeness (QED) is 0.484. The van der Waals surface area contributed by atoms with Crippen LogP contribution in [0.4, 0.5) is 5.69 Å². The Morgan fingerprint density at radius 2 is 2.06 bits per heavy atom. The summed E-state index contributed by atoms with van der Waals surface area (Å²) < 4.78 is 0. The number of nitrogens with one attached hydrogen (secondary N) is 1. The largest absolute Gasteiger partial charge is 0.480 e. The van der Waals surface area contributed by atoms with Crippen LogP contribution in [0.2, 0.25) is 0 Å². The van der Waals surface area contributed by atoms with Crippen LogP contribution < -0.4 is 11.1 Å². The topological polar surface area (TPSA) is 109 Å². The molecule has 0 aromatic heterocycles. The van der Waals surface area contributed by atoms with E-state index in [-0.39, 0.29) is 12.0 Å². The first kappa shape index (κ1) is 12.9. The minimum absolute atomic E-state index is 0.247. The molecule has 1 atom stereocenters. The van der Waals surface area contributed by atoms with Gasteiger partial charge in [0.05, 0.1) is 5.69 Å². The lowest BCUT2D eigenvalue weighted by atomic mass is 10.0. The normalized spacial score (nSPS) is 11.6. The molecular weight excluding hydrogens is 224 g/mol. The molecule has 0 aliphatic carbocycles. The smallest absolute Gasteiger partial charge is 0.320 e. The number of rotatable bonds is 6. The minimum Gasteiger partial charge on any atom is -0.480 e. The number of aliphatic carboxylic acids is 1. The van der Waals surface area contributed by atoms with Gasteiger partial charge in [0.25, 0.3) is 0 Å². The molecule has 0 saturated heterocycles. The van der Waals surface area contributed by atoms with Gasteiger partial charge in [-0.15, -0.1) is 0 Å². The summed E-state index contributed by atoms with van der Waals surface area (Å²) in [6, 6.07) is 5.08. The molecule has 0 radical (unpaired) electrons. The lowest BCUT2D eigenvalue weighted by Gasteiger charge is -2.09. The maximum Gasteiger partial charge on any atom is 0.320 e. The second-order valence-electron chi connectivity index (χ2n) is 3.38. The Morgan fingerprint density at radius 1 is 1.41 bits per heavy atom. The number of nitrogens with two attached hydrogens (primary N) is 1. The fourth-order valence-corrected chi connectivity index (χ4v) is 1.31. The fraction of sp³-hybridized carbons (Fsp3) is 0.182. The van der Waals surface area contributed by atoms with E-state index in [0.717, 1.165) is 0 Å². The third kappa shape index (κ3) is 3.39. The Hall–Kier alpha value is -2.21. The van der Waals surface area contributed by atoms with Crippen LogP contribution in [0, 0.1) is 0 Å². The van der Waals surface area contributed by atoms with E-state index in [9.17, 15) is 14.4 Å². The van der Waals surface area contributed by atoms with Crippen molar-refractivity contribution in [3.05, 3.63) is 29.8 Å². The van der Waals surface area contributed by atoms with Crippen LogP contribution in [0.15, 0.2) is 24.3 Å². The van der Waals surface area contributed by atoms with E-state index in [0.29, 0.717) is 12.1 Å². The Balaban J connectivity index is 2.88. The third-order valence-electron chi connectivity index (χ3n) is 2.16. The second kappa shape index (κ2) is 5.76. The van der Waals surface area contributed by atoms with Crippen molar-refractivity contribution in [3.63, 3.8) is 0 Å². The third-order valence-corrected chi connectivity index (χ3v) is 2.16. The molecule has 0 unspecified atom stereocenters. The number of anilines is 1. The zero-order valence-electron chi connectivity index (χ0n) is 8.92. The number of carboxylic acid groups (broad SMARTS) is 1.